The van der Waals surface area contributed by atoms with E-state index in [-0.39, 0.29) is 10.5 Å². The molecule has 0 bridgehead atoms. The summed E-state index contributed by atoms with van der Waals surface area (Å²) in [6.07, 6.45) is -4.73. The van der Waals surface area contributed by atoms with Gasteiger partial charge >= 0.3 is 6.18 Å². The molecule has 23 heavy (non-hydrogen) atoms. The monoisotopic (exact) mass is 344 g/mol. The molecule has 0 saturated heterocycles. The van der Waals surface area contributed by atoms with Crippen molar-refractivity contribution in [2.75, 3.05) is 4.72 Å². The van der Waals surface area contributed by atoms with Crippen LogP contribution in [0.15, 0.2) is 47.4 Å². The standard InChI is InChI=1S/C14H8F4N2O2S/c15-12-6-3-10(14(16,17)18)7-13(12)20-23(21,22)11-4-1-9(8-19)2-5-11/h1-7,20H. The Kier molecular flexibility index (Phi) is 4.29. The number of nitrogens with one attached hydrogen (secondary N) is 1. The molecule has 0 amide bonds. The average molecular weight is 344 g/mol. The highest BCUT2D eigenvalue weighted by Gasteiger charge is 2.31. The van der Waals surface area contributed by atoms with Gasteiger partial charge in [-0.2, -0.15) is 18.4 Å². The van der Waals surface area contributed by atoms with Crippen LogP contribution in [0.25, 0.3) is 0 Å². The van der Waals surface area contributed by atoms with Gasteiger partial charge in [0, 0.05) is 0 Å². The van der Waals surface area contributed by atoms with E-state index >= 15 is 0 Å². The van der Waals surface area contributed by atoms with Crippen molar-refractivity contribution in [2.24, 2.45) is 0 Å². The van der Waals surface area contributed by atoms with Crippen molar-refractivity contribution in [1.82, 2.24) is 0 Å². The van der Waals surface area contributed by atoms with Gasteiger partial charge in [-0.1, -0.05) is 0 Å². The molecule has 0 spiro atoms. The number of anilines is 1. The predicted molar refractivity (Wildman–Crippen MR) is 73.4 cm³/mol. The molecule has 2 aromatic carbocycles. The summed E-state index contributed by atoms with van der Waals surface area (Å²) in [4.78, 5) is -0.312. The van der Waals surface area contributed by atoms with Crippen molar-refractivity contribution >= 4 is 15.7 Å². The first kappa shape index (κ1) is 16.8. The number of benzene rings is 2. The van der Waals surface area contributed by atoms with Gasteiger partial charge in [0.25, 0.3) is 10.0 Å². The Labute approximate surface area is 129 Å². The van der Waals surface area contributed by atoms with Gasteiger partial charge in [0.1, 0.15) is 5.82 Å². The molecule has 0 unspecified atom stereocenters. The van der Waals surface area contributed by atoms with E-state index in [1.165, 1.54) is 12.1 Å². The average Bonchev–Trinajstić information content (AvgIpc) is 2.48. The highest BCUT2D eigenvalue weighted by atomic mass is 32.2. The fraction of sp³-hybridized carbons (Fsp3) is 0.0714. The molecule has 0 aliphatic carbocycles. The molecule has 4 nitrogen and oxygen atoms in total. The third-order valence-corrected chi connectivity index (χ3v) is 4.21. The number of hydrogen-bond donors (Lipinski definition) is 1. The van der Waals surface area contributed by atoms with Crippen LogP contribution >= 0.6 is 0 Å². The van der Waals surface area contributed by atoms with Crippen LogP contribution in [0.3, 0.4) is 0 Å². The molecule has 0 aliphatic rings. The zero-order valence-electron chi connectivity index (χ0n) is 11.2. The second kappa shape index (κ2) is 5.89. The van der Waals surface area contributed by atoms with Gasteiger partial charge in [0.05, 0.1) is 27.8 Å². The van der Waals surface area contributed by atoms with Crippen molar-refractivity contribution in [3.05, 3.63) is 59.4 Å². The van der Waals surface area contributed by atoms with Crippen LogP contribution < -0.4 is 4.72 Å². The highest BCUT2D eigenvalue weighted by Crippen LogP contribution is 2.32. The Morgan fingerprint density at radius 2 is 1.65 bits per heavy atom. The Morgan fingerprint density at radius 3 is 2.17 bits per heavy atom. The fourth-order valence-electron chi connectivity index (χ4n) is 1.69. The van der Waals surface area contributed by atoms with Gasteiger partial charge in [-0.3, -0.25) is 4.72 Å². The molecule has 0 aliphatic heterocycles. The minimum Gasteiger partial charge on any atom is -0.277 e. The largest absolute Gasteiger partial charge is 0.416 e. The molecule has 0 fully saturated rings. The number of rotatable bonds is 3. The second-order valence-electron chi connectivity index (χ2n) is 4.43. The molecule has 0 radical (unpaired) electrons. The van der Waals surface area contributed by atoms with Crippen LogP contribution in [0, 0.1) is 17.1 Å². The minimum absolute atomic E-state index is 0.203. The molecule has 2 aromatic rings. The Morgan fingerprint density at radius 1 is 1.04 bits per heavy atom. The van der Waals surface area contributed by atoms with Gasteiger partial charge in [0.15, 0.2) is 0 Å². The number of hydrogen-bond acceptors (Lipinski definition) is 3. The SMILES string of the molecule is N#Cc1ccc(S(=O)(=O)Nc2cc(C(F)(F)F)ccc2F)cc1. The summed E-state index contributed by atoms with van der Waals surface area (Å²) in [5.74, 6) is -1.14. The smallest absolute Gasteiger partial charge is 0.277 e. The summed E-state index contributed by atoms with van der Waals surface area (Å²) in [6, 6.07) is 7.81. The van der Waals surface area contributed by atoms with Gasteiger partial charge in [-0.05, 0) is 42.5 Å². The number of alkyl halides is 3. The second-order valence-corrected chi connectivity index (χ2v) is 6.12. The molecule has 120 valence electrons. The first-order valence-electron chi connectivity index (χ1n) is 6.03. The molecule has 2 rings (SSSR count). The molecular formula is C14H8F4N2O2S. The summed E-state index contributed by atoms with van der Waals surface area (Å²) in [5, 5.41) is 8.64. The van der Waals surface area contributed by atoms with Crippen molar-refractivity contribution in [3.63, 3.8) is 0 Å². The third kappa shape index (κ3) is 3.78. The molecule has 1 N–H and O–H groups in total. The van der Waals surface area contributed by atoms with Crippen LogP contribution in [-0.2, 0) is 16.2 Å². The van der Waals surface area contributed by atoms with Crippen LogP contribution in [0.5, 0.6) is 0 Å². The van der Waals surface area contributed by atoms with Crippen molar-refractivity contribution < 1.29 is 26.0 Å². The molecule has 0 heterocycles. The Bertz CT molecular complexity index is 869. The zero-order valence-corrected chi connectivity index (χ0v) is 12.0. The third-order valence-electron chi connectivity index (χ3n) is 2.83. The van der Waals surface area contributed by atoms with Crippen molar-refractivity contribution in [1.29, 1.82) is 5.26 Å². The highest BCUT2D eigenvalue weighted by molar-refractivity contribution is 7.92. The lowest BCUT2D eigenvalue weighted by atomic mass is 10.2. The van der Waals surface area contributed by atoms with E-state index in [9.17, 15) is 26.0 Å². The fourth-order valence-corrected chi connectivity index (χ4v) is 2.75. The van der Waals surface area contributed by atoms with E-state index in [0.717, 1.165) is 12.1 Å². The molecule has 9 heteroatoms. The number of sulfonamides is 1. The normalized spacial score (nSPS) is 11.8. The van der Waals surface area contributed by atoms with E-state index in [2.05, 4.69) is 0 Å². The van der Waals surface area contributed by atoms with Gasteiger partial charge in [0.2, 0.25) is 0 Å². The maximum Gasteiger partial charge on any atom is 0.416 e. The predicted octanol–water partition coefficient (Wildman–Crippen LogP) is 3.52. The Hall–Kier alpha value is -2.60. The summed E-state index contributed by atoms with van der Waals surface area (Å²) in [6.45, 7) is 0. The van der Waals surface area contributed by atoms with Gasteiger partial charge in [-0.15, -0.1) is 0 Å². The number of nitriles is 1. The maximum atomic E-state index is 13.6. The van der Waals surface area contributed by atoms with Gasteiger partial charge < -0.3 is 0 Å². The molecule has 0 atom stereocenters. The zero-order chi connectivity index (χ0) is 17.3. The van der Waals surface area contributed by atoms with E-state index in [0.29, 0.717) is 18.2 Å². The molecule has 0 saturated carbocycles. The summed E-state index contributed by atoms with van der Waals surface area (Å²) < 4.78 is 77.3. The van der Waals surface area contributed by atoms with Crippen LogP contribution in [0.1, 0.15) is 11.1 Å². The van der Waals surface area contributed by atoms with Crippen molar-refractivity contribution in [3.8, 4) is 6.07 Å². The summed E-state index contributed by atoms with van der Waals surface area (Å²) in [5.41, 5.74) is -1.80. The van der Waals surface area contributed by atoms with E-state index in [1.807, 2.05) is 0 Å². The quantitative estimate of drug-likeness (QED) is 0.866. The first-order chi connectivity index (χ1) is 10.6. The maximum absolute atomic E-state index is 13.6. The Balaban J connectivity index is 2.39. The summed E-state index contributed by atoms with van der Waals surface area (Å²) >= 11 is 0. The van der Waals surface area contributed by atoms with E-state index in [1.54, 1.807) is 10.8 Å². The van der Waals surface area contributed by atoms with Crippen molar-refractivity contribution in [2.45, 2.75) is 11.1 Å². The first-order valence-corrected chi connectivity index (χ1v) is 7.51. The molecular weight excluding hydrogens is 336 g/mol. The molecule has 0 aromatic heterocycles. The lowest BCUT2D eigenvalue weighted by molar-refractivity contribution is -0.137. The lowest BCUT2D eigenvalue weighted by Crippen LogP contribution is -2.15. The van der Waals surface area contributed by atoms with E-state index in [4.69, 9.17) is 5.26 Å². The number of halogens is 4. The number of nitrogens with zero attached hydrogens (tertiary/aromatic N) is 1. The van der Waals surface area contributed by atoms with Crippen LogP contribution in [0.4, 0.5) is 23.2 Å². The van der Waals surface area contributed by atoms with E-state index < -0.39 is 33.3 Å². The lowest BCUT2D eigenvalue weighted by Gasteiger charge is -2.12. The topological polar surface area (TPSA) is 70.0 Å². The van der Waals surface area contributed by atoms with Crippen LogP contribution in [-0.4, -0.2) is 8.42 Å². The minimum atomic E-state index is -4.73. The summed E-state index contributed by atoms with van der Waals surface area (Å²) in [7, 11) is -4.29. The van der Waals surface area contributed by atoms with Gasteiger partial charge in [-0.25, -0.2) is 12.8 Å². The van der Waals surface area contributed by atoms with Crippen LogP contribution in [0.2, 0.25) is 0 Å².